The van der Waals surface area contributed by atoms with E-state index >= 15 is 0 Å². The third kappa shape index (κ3) is 4.70. The lowest BCUT2D eigenvalue weighted by atomic mass is 10.1. The van der Waals surface area contributed by atoms with Crippen molar-refractivity contribution >= 4 is 35.0 Å². The number of ether oxygens (including phenoxy) is 1. The minimum Gasteiger partial charge on any atom is -0.488 e. The molecule has 0 spiro atoms. The molecule has 2 aromatic carbocycles. The van der Waals surface area contributed by atoms with Crippen LogP contribution in [-0.4, -0.2) is 34.1 Å². The molecule has 3 rings (SSSR count). The number of amides is 1. The molecule has 1 aliphatic heterocycles. The highest BCUT2D eigenvalue weighted by Gasteiger charge is 2.16. The van der Waals surface area contributed by atoms with Gasteiger partial charge in [0, 0.05) is 0 Å². The van der Waals surface area contributed by atoms with Crippen molar-refractivity contribution in [1.82, 2.24) is 5.32 Å². The largest absolute Gasteiger partial charge is 0.488 e. The molecule has 26 heavy (non-hydrogen) atoms. The molecule has 0 atom stereocenters. The maximum Gasteiger partial charge on any atom is 0.339 e. The van der Waals surface area contributed by atoms with Crippen LogP contribution in [0.1, 0.15) is 21.5 Å². The van der Waals surface area contributed by atoms with Gasteiger partial charge in [0.05, 0.1) is 12.0 Å². The number of carbonyl (C=O) groups is 2. The van der Waals surface area contributed by atoms with Crippen LogP contribution in [-0.2, 0) is 11.4 Å². The summed E-state index contributed by atoms with van der Waals surface area (Å²) in [6, 6.07) is 14.2. The highest BCUT2D eigenvalue weighted by molar-refractivity contribution is 8.15. The summed E-state index contributed by atoms with van der Waals surface area (Å²) in [6.45, 7) is 0.277. The van der Waals surface area contributed by atoms with Gasteiger partial charge in [-0.05, 0) is 29.3 Å². The Morgan fingerprint density at radius 3 is 2.77 bits per heavy atom. The van der Waals surface area contributed by atoms with E-state index in [1.54, 1.807) is 12.1 Å². The number of benzene rings is 2. The zero-order valence-corrected chi connectivity index (χ0v) is 14.4. The van der Waals surface area contributed by atoms with Crippen molar-refractivity contribution < 1.29 is 19.4 Å². The summed E-state index contributed by atoms with van der Waals surface area (Å²) in [5.41, 5.74) is 1.55. The van der Waals surface area contributed by atoms with E-state index in [1.807, 2.05) is 30.3 Å². The lowest BCUT2D eigenvalue weighted by Gasteiger charge is -2.09. The summed E-state index contributed by atoms with van der Waals surface area (Å²) >= 11 is 1.26. The fourth-order valence-electron chi connectivity index (χ4n) is 2.18. The number of nitrogens with zero attached hydrogens (tertiary/aromatic N) is 2. The monoisotopic (exact) mass is 369 g/mol. The fourth-order valence-corrected chi connectivity index (χ4v) is 2.81. The Labute approximate surface area is 153 Å². The highest BCUT2D eigenvalue weighted by atomic mass is 32.2. The van der Waals surface area contributed by atoms with Crippen molar-refractivity contribution in [3.63, 3.8) is 0 Å². The summed E-state index contributed by atoms with van der Waals surface area (Å²) in [5, 5.41) is 20.1. The van der Waals surface area contributed by atoms with Gasteiger partial charge in [0.25, 0.3) is 0 Å². The van der Waals surface area contributed by atoms with Crippen molar-refractivity contribution in [2.24, 2.45) is 10.2 Å². The van der Waals surface area contributed by atoms with Gasteiger partial charge in [0.15, 0.2) is 5.17 Å². The molecule has 0 bridgehead atoms. The first-order valence-corrected chi connectivity index (χ1v) is 8.68. The summed E-state index contributed by atoms with van der Waals surface area (Å²) in [4.78, 5) is 22.6. The van der Waals surface area contributed by atoms with Crippen molar-refractivity contribution in [1.29, 1.82) is 0 Å². The Hall–Kier alpha value is -3.13. The number of carbonyl (C=O) groups excluding carboxylic acids is 1. The SMILES string of the molecule is O=C1CSC(=NN=Cc2ccc(OCc3ccccc3)c(C(=O)O)c2)N1. The molecule has 1 fully saturated rings. The summed E-state index contributed by atoms with van der Waals surface area (Å²) in [5.74, 6) is -0.598. The third-order valence-electron chi connectivity index (χ3n) is 3.41. The lowest BCUT2D eigenvalue weighted by molar-refractivity contribution is -0.116. The first kappa shape index (κ1) is 17.7. The van der Waals surface area contributed by atoms with E-state index in [9.17, 15) is 14.7 Å². The smallest absolute Gasteiger partial charge is 0.339 e. The Balaban J connectivity index is 1.72. The highest BCUT2D eigenvalue weighted by Crippen LogP contribution is 2.21. The molecule has 0 unspecified atom stereocenters. The number of hydrogen-bond donors (Lipinski definition) is 2. The van der Waals surface area contributed by atoms with Crippen LogP contribution in [0.4, 0.5) is 0 Å². The van der Waals surface area contributed by atoms with Crippen LogP contribution in [0.5, 0.6) is 5.75 Å². The van der Waals surface area contributed by atoms with E-state index in [1.165, 1.54) is 24.0 Å². The number of carboxylic acid groups (broad SMARTS) is 1. The normalized spacial score (nSPS) is 15.4. The second-order valence-electron chi connectivity index (χ2n) is 5.32. The van der Waals surface area contributed by atoms with E-state index in [2.05, 4.69) is 15.5 Å². The van der Waals surface area contributed by atoms with E-state index in [0.29, 0.717) is 16.5 Å². The topological polar surface area (TPSA) is 100 Å². The minimum atomic E-state index is -1.09. The molecule has 2 aromatic rings. The molecule has 2 N–H and O–H groups in total. The maximum atomic E-state index is 11.5. The second kappa shape index (κ2) is 8.30. The molecule has 1 amide bonds. The number of nitrogens with one attached hydrogen (secondary N) is 1. The van der Waals surface area contributed by atoms with E-state index < -0.39 is 5.97 Å². The average molecular weight is 369 g/mol. The predicted molar refractivity (Wildman–Crippen MR) is 99.8 cm³/mol. The van der Waals surface area contributed by atoms with E-state index in [4.69, 9.17) is 4.74 Å². The predicted octanol–water partition coefficient (Wildman–Crippen LogP) is 2.52. The molecular formula is C18H15N3O4S. The van der Waals surface area contributed by atoms with Gasteiger partial charge in [0.2, 0.25) is 5.91 Å². The van der Waals surface area contributed by atoms with Gasteiger partial charge in [0.1, 0.15) is 17.9 Å². The first-order chi connectivity index (χ1) is 12.6. The van der Waals surface area contributed by atoms with Gasteiger partial charge < -0.3 is 15.2 Å². The van der Waals surface area contributed by atoms with Crippen LogP contribution in [0.3, 0.4) is 0 Å². The quantitative estimate of drug-likeness (QED) is 0.602. The molecule has 7 nitrogen and oxygen atoms in total. The van der Waals surface area contributed by atoms with Gasteiger partial charge in [-0.2, -0.15) is 5.10 Å². The van der Waals surface area contributed by atoms with Gasteiger partial charge in [-0.3, -0.25) is 4.79 Å². The van der Waals surface area contributed by atoms with Crippen molar-refractivity contribution in [3.05, 3.63) is 65.2 Å². The Bertz CT molecular complexity index is 881. The minimum absolute atomic E-state index is 0.0427. The number of rotatable bonds is 6. The van der Waals surface area contributed by atoms with Gasteiger partial charge in [-0.1, -0.05) is 42.1 Å². The molecule has 1 saturated heterocycles. The summed E-state index contributed by atoms with van der Waals surface area (Å²) in [7, 11) is 0. The van der Waals surface area contributed by atoms with Crippen LogP contribution in [0.25, 0.3) is 0 Å². The fraction of sp³-hybridized carbons (Fsp3) is 0.111. The van der Waals surface area contributed by atoms with Gasteiger partial charge in [-0.25, -0.2) is 4.79 Å². The number of amidine groups is 1. The molecule has 0 aliphatic carbocycles. The zero-order valence-electron chi connectivity index (χ0n) is 13.6. The van der Waals surface area contributed by atoms with Crippen molar-refractivity contribution in [3.8, 4) is 5.75 Å². The standard InChI is InChI=1S/C18H15N3O4S/c22-16-11-26-18(20-16)21-19-9-13-6-7-15(14(8-13)17(23)24)25-10-12-4-2-1-3-5-12/h1-9H,10-11H2,(H,23,24)(H,20,21,22). The van der Waals surface area contributed by atoms with Gasteiger partial charge in [-0.15, -0.1) is 5.10 Å². The summed E-state index contributed by atoms with van der Waals surface area (Å²) in [6.07, 6.45) is 1.42. The molecule has 132 valence electrons. The molecule has 1 aliphatic rings. The Morgan fingerprint density at radius 2 is 2.08 bits per heavy atom. The number of thioether (sulfide) groups is 1. The van der Waals surface area contributed by atoms with Crippen molar-refractivity contribution in [2.75, 3.05) is 5.75 Å². The van der Waals surface area contributed by atoms with Crippen LogP contribution in [0.15, 0.2) is 58.7 Å². The Morgan fingerprint density at radius 1 is 1.27 bits per heavy atom. The summed E-state index contributed by atoms with van der Waals surface area (Å²) < 4.78 is 5.63. The molecule has 1 heterocycles. The van der Waals surface area contributed by atoms with Crippen LogP contribution < -0.4 is 10.1 Å². The molecule has 0 aromatic heterocycles. The van der Waals surface area contributed by atoms with Gasteiger partial charge >= 0.3 is 5.97 Å². The van der Waals surface area contributed by atoms with E-state index in [0.717, 1.165) is 5.56 Å². The molecule has 0 saturated carbocycles. The van der Waals surface area contributed by atoms with Crippen LogP contribution in [0.2, 0.25) is 0 Å². The average Bonchev–Trinajstić information content (AvgIpc) is 3.06. The molecule has 0 radical (unpaired) electrons. The van der Waals surface area contributed by atoms with Crippen molar-refractivity contribution in [2.45, 2.75) is 6.61 Å². The number of carboxylic acids is 1. The zero-order chi connectivity index (χ0) is 18.4. The number of aromatic carboxylic acids is 1. The molecular weight excluding hydrogens is 354 g/mol. The maximum absolute atomic E-state index is 11.5. The Kier molecular flexibility index (Phi) is 5.65. The first-order valence-electron chi connectivity index (χ1n) is 7.69. The number of hydrogen-bond acceptors (Lipinski definition) is 6. The lowest BCUT2D eigenvalue weighted by Crippen LogP contribution is -2.19. The van der Waals surface area contributed by atoms with E-state index in [-0.39, 0.29) is 23.8 Å². The van der Waals surface area contributed by atoms with Crippen LogP contribution >= 0.6 is 11.8 Å². The third-order valence-corrected chi connectivity index (χ3v) is 4.28. The second-order valence-corrected chi connectivity index (χ2v) is 6.29. The molecule has 8 heteroatoms. The van der Waals surface area contributed by atoms with Crippen LogP contribution in [0, 0.1) is 0 Å².